The lowest BCUT2D eigenvalue weighted by Crippen LogP contribution is -2.64. The number of amides is 3. The van der Waals surface area contributed by atoms with Gasteiger partial charge in [-0.2, -0.15) is 0 Å². The van der Waals surface area contributed by atoms with Gasteiger partial charge in [0.1, 0.15) is 0 Å². The van der Waals surface area contributed by atoms with E-state index in [1.165, 1.54) is 49.7 Å². The van der Waals surface area contributed by atoms with Gasteiger partial charge in [-0.3, -0.25) is 14.6 Å². The quantitative estimate of drug-likeness (QED) is 0.170. The Morgan fingerprint density at radius 1 is 0.761 bits per heavy atom. The molecule has 7 nitrogen and oxygen atoms in total. The molecule has 2 fully saturated rings. The third-order valence-electron chi connectivity index (χ3n) is 9.71. The predicted molar refractivity (Wildman–Crippen MR) is 187 cm³/mol. The van der Waals surface area contributed by atoms with Gasteiger partial charge >= 0.3 is 6.03 Å². The molecule has 0 bridgehead atoms. The number of carbonyl (C=O) groups is 2. The van der Waals surface area contributed by atoms with Gasteiger partial charge in [0.15, 0.2) is 0 Å². The summed E-state index contributed by atoms with van der Waals surface area (Å²) in [5.74, 6) is 0.144. The van der Waals surface area contributed by atoms with E-state index < -0.39 is 0 Å². The average molecular weight is 624 g/mol. The molecule has 46 heavy (non-hydrogen) atoms. The summed E-state index contributed by atoms with van der Waals surface area (Å²) in [6, 6.07) is 30.9. The van der Waals surface area contributed by atoms with Crippen molar-refractivity contribution < 1.29 is 9.59 Å². The molecular weight excluding hydrogens is 570 g/mol. The van der Waals surface area contributed by atoms with Crippen molar-refractivity contribution >= 4 is 11.9 Å². The summed E-state index contributed by atoms with van der Waals surface area (Å²) >= 11 is 0. The van der Waals surface area contributed by atoms with Crippen LogP contribution in [0.3, 0.4) is 0 Å². The molecule has 0 aliphatic carbocycles. The highest BCUT2D eigenvalue weighted by Crippen LogP contribution is 2.37. The van der Waals surface area contributed by atoms with Crippen LogP contribution in [0.1, 0.15) is 92.2 Å². The molecular formula is C39H53N5O2. The van der Waals surface area contributed by atoms with Crippen LogP contribution >= 0.6 is 0 Å². The van der Waals surface area contributed by atoms with Gasteiger partial charge < -0.3 is 16.0 Å². The molecule has 2 aliphatic rings. The molecule has 3 atom stereocenters. The first-order valence-electron chi connectivity index (χ1n) is 17.6. The summed E-state index contributed by atoms with van der Waals surface area (Å²) in [7, 11) is 0. The second-order valence-electron chi connectivity index (χ2n) is 13.0. The van der Waals surface area contributed by atoms with Gasteiger partial charge in [-0.1, -0.05) is 118 Å². The van der Waals surface area contributed by atoms with Crippen molar-refractivity contribution in [3.05, 3.63) is 108 Å². The summed E-state index contributed by atoms with van der Waals surface area (Å²) in [6.07, 6.45) is 9.98. The summed E-state index contributed by atoms with van der Waals surface area (Å²) < 4.78 is 0. The van der Waals surface area contributed by atoms with Gasteiger partial charge in [0.2, 0.25) is 0 Å². The lowest BCUT2D eigenvalue weighted by molar-refractivity contribution is -0.0116. The van der Waals surface area contributed by atoms with Crippen LogP contribution in [0.25, 0.3) is 0 Å². The number of carbonyl (C=O) groups excluding carboxylic acids is 2. The molecule has 3 aromatic carbocycles. The Morgan fingerprint density at radius 2 is 1.37 bits per heavy atom. The molecule has 3 amide bonds. The fourth-order valence-corrected chi connectivity index (χ4v) is 7.28. The topological polar surface area (TPSA) is 76.7 Å². The molecule has 0 saturated carbocycles. The van der Waals surface area contributed by atoms with Crippen LogP contribution in [0.15, 0.2) is 91.0 Å². The minimum absolute atomic E-state index is 0.0195. The van der Waals surface area contributed by atoms with E-state index in [0.29, 0.717) is 18.7 Å². The van der Waals surface area contributed by atoms with Gasteiger partial charge in [0.25, 0.3) is 5.91 Å². The van der Waals surface area contributed by atoms with E-state index in [9.17, 15) is 9.59 Å². The highest BCUT2D eigenvalue weighted by atomic mass is 16.2. The van der Waals surface area contributed by atoms with Crippen molar-refractivity contribution in [2.24, 2.45) is 5.92 Å². The summed E-state index contributed by atoms with van der Waals surface area (Å²) in [5, 5.41) is 9.82. The lowest BCUT2D eigenvalue weighted by atomic mass is 9.84. The third-order valence-corrected chi connectivity index (χ3v) is 9.71. The molecule has 2 aliphatic heterocycles. The van der Waals surface area contributed by atoms with Gasteiger partial charge in [0, 0.05) is 31.2 Å². The number of unbranched alkanes of at least 4 members (excludes halogenated alkanes) is 4. The van der Waals surface area contributed by atoms with Crippen molar-refractivity contribution in [2.45, 2.75) is 83.0 Å². The summed E-state index contributed by atoms with van der Waals surface area (Å²) in [6.45, 7) is 6.40. The highest BCUT2D eigenvalue weighted by Gasteiger charge is 2.42. The van der Waals surface area contributed by atoms with Crippen LogP contribution in [-0.2, 0) is 0 Å². The maximum absolute atomic E-state index is 13.5. The third kappa shape index (κ3) is 9.43. The molecule has 3 N–H and O–H groups in total. The normalized spacial score (nSPS) is 20.7. The van der Waals surface area contributed by atoms with E-state index in [-0.39, 0.29) is 36.1 Å². The molecule has 5 rings (SSSR count). The number of likely N-dealkylation sites (tertiary alicyclic amines) is 2. The monoisotopic (exact) mass is 623 g/mol. The zero-order chi connectivity index (χ0) is 32.0. The largest absolute Gasteiger partial charge is 0.352 e. The SMILES string of the molecule is CCCCCCCNC(=O)NC1CC(CNC(=O)c2ccccc2)C(N2CCCCC2)CN1C(c1ccccc1)c1ccccc1. The average Bonchev–Trinajstić information content (AvgIpc) is 3.11. The second-order valence-corrected chi connectivity index (χ2v) is 13.0. The number of benzene rings is 3. The molecule has 2 heterocycles. The molecule has 2 saturated heterocycles. The lowest BCUT2D eigenvalue weighted by Gasteiger charge is -2.51. The van der Waals surface area contributed by atoms with Crippen LogP contribution in [0.2, 0.25) is 0 Å². The van der Waals surface area contributed by atoms with Gasteiger partial charge in [-0.25, -0.2) is 4.79 Å². The number of piperidine rings is 2. The van der Waals surface area contributed by atoms with Crippen LogP contribution in [0.5, 0.6) is 0 Å². The first-order chi connectivity index (χ1) is 22.6. The van der Waals surface area contributed by atoms with Gasteiger partial charge in [-0.05, 0) is 68.0 Å². The first-order valence-corrected chi connectivity index (χ1v) is 17.6. The predicted octanol–water partition coefficient (Wildman–Crippen LogP) is 6.98. The number of urea groups is 1. The van der Waals surface area contributed by atoms with Crippen LogP contribution in [-0.4, -0.2) is 66.7 Å². The van der Waals surface area contributed by atoms with Gasteiger partial charge in [0.05, 0.1) is 12.2 Å². The highest BCUT2D eigenvalue weighted by molar-refractivity contribution is 5.94. The Balaban J connectivity index is 1.41. The van der Waals surface area contributed by atoms with Crippen LogP contribution in [0, 0.1) is 5.92 Å². The summed E-state index contributed by atoms with van der Waals surface area (Å²) in [4.78, 5) is 31.8. The summed E-state index contributed by atoms with van der Waals surface area (Å²) in [5.41, 5.74) is 3.10. The zero-order valence-corrected chi connectivity index (χ0v) is 27.6. The first kappa shape index (κ1) is 33.7. The van der Waals surface area contributed by atoms with E-state index in [1.807, 2.05) is 30.3 Å². The number of nitrogens with one attached hydrogen (secondary N) is 3. The van der Waals surface area contributed by atoms with E-state index >= 15 is 0 Å². The number of hydrogen-bond acceptors (Lipinski definition) is 4. The molecule has 0 aromatic heterocycles. The van der Waals surface area contributed by atoms with E-state index in [2.05, 4.69) is 93.3 Å². The Kier molecular flexibility index (Phi) is 13.1. The van der Waals surface area contributed by atoms with E-state index in [4.69, 9.17) is 0 Å². The van der Waals surface area contributed by atoms with Crippen molar-refractivity contribution in [2.75, 3.05) is 32.7 Å². The molecule has 3 aromatic rings. The number of nitrogens with zero attached hydrogens (tertiary/aromatic N) is 2. The smallest absolute Gasteiger partial charge is 0.316 e. The maximum atomic E-state index is 13.5. The molecule has 0 radical (unpaired) electrons. The fraction of sp³-hybridized carbons (Fsp3) is 0.487. The molecule has 246 valence electrons. The Labute approximate surface area is 276 Å². The molecule has 0 spiro atoms. The van der Waals surface area contributed by atoms with Crippen molar-refractivity contribution in [1.82, 2.24) is 25.8 Å². The molecule has 7 heteroatoms. The minimum atomic E-state index is -0.204. The Hall–Kier alpha value is -3.68. The standard InChI is InChI=1S/C39H53N5O2/c1-2-3-4-5-16-25-40-39(46)42-36-28-34(29-41-38(45)33-23-14-8-15-24-33)35(43-26-17-9-18-27-43)30-44(36)37(31-19-10-6-11-20-31)32-21-12-7-13-22-32/h6-8,10-15,19-24,34-37H,2-5,9,16-18,25-30H2,1H3,(H,41,45)(H2,40,42,46). The maximum Gasteiger partial charge on any atom is 0.316 e. The van der Waals surface area contributed by atoms with Crippen molar-refractivity contribution in [1.29, 1.82) is 0 Å². The zero-order valence-electron chi connectivity index (χ0n) is 27.6. The van der Waals surface area contributed by atoms with Gasteiger partial charge in [-0.15, -0.1) is 0 Å². The van der Waals surface area contributed by atoms with E-state index in [1.54, 1.807) is 0 Å². The van der Waals surface area contributed by atoms with Crippen LogP contribution < -0.4 is 16.0 Å². The van der Waals surface area contributed by atoms with Crippen molar-refractivity contribution in [3.8, 4) is 0 Å². The second kappa shape index (κ2) is 17.9. The number of rotatable bonds is 14. The van der Waals surface area contributed by atoms with Crippen LogP contribution in [0.4, 0.5) is 4.79 Å². The van der Waals surface area contributed by atoms with E-state index in [0.717, 1.165) is 38.9 Å². The minimum Gasteiger partial charge on any atom is -0.352 e. The van der Waals surface area contributed by atoms with Crippen molar-refractivity contribution in [3.63, 3.8) is 0 Å². The molecule has 3 unspecified atom stereocenters. The Morgan fingerprint density at radius 3 is 2.00 bits per heavy atom. The number of hydrogen-bond donors (Lipinski definition) is 3. The fourth-order valence-electron chi connectivity index (χ4n) is 7.28. The Bertz CT molecular complexity index is 1280.